The van der Waals surface area contributed by atoms with Crippen LogP contribution in [0.5, 0.6) is 0 Å². The van der Waals surface area contributed by atoms with Crippen molar-refractivity contribution in [1.29, 1.82) is 5.41 Å². The minimum absolute atomic E-state index is 0.0271. The zero-order valence-electron chi connectivity index (χ0n) is 8.84. The summed E-state index contributed by atoms with van der Waals surface area (Å²) < 4.78 is 4.92. The van der Waals surface area contributed by atoms with Crippen LogP contribution in [0, 0.1) is 5.41 Å². The monoisotopic (exact) mass is 200 g/mol. The van der Waals surface area contributed by atoms with Crippen molar-refractivity contribution in [3.63, 3.8) is 0 Å². The molecule has 0 unspecified atom stereocenters. The van der Waals surface area contributed by atoms with Crippen molar-refractivity contribution in [3.8, 4) is 0 Å². The van der Waals surface area contributed by atoms with Crippen molar-refractivity contribution < 1.29 is 14.6 Å². The number of hydrogen-bond donors (Lipinski definition) is 3. The van der Waals surface area contributed by atoms with Crippen LogP contribution < -0.4 is 5.32 Å². The molecule has 14 heavy (non-hydrogen) atoms. The van der Waals surface area contributed by atoms with Gasteiger partial charge in [0.15, 0.2) is 0 Å². The average Bonchev–Trinajstić information content (AvgIpc) is 1.96. The predicted octanol–water partition coefficient (Wildman–Crippen LogP) is 1.95. The van der Waals surface area contributed by atoms with Crippen LogP contribution in [0.3, 0.4) is 0 Å². The highest BCUT2D eigenvalue weighted by atomic mass is 16.6. The van der Waals surface area contributed by atoms with Gasteiger partial charge in [0.25, 0.3) is 0 Å². The Balaban J connectivity index is 4.26. The third-order valence-corrected chi connectivity index (χ3v) is 1.17. The molecule has 0 aromatic rings. The zero-order chi connectivity index (χ0) is 11.4. The van der Waals surface area contributed by atoms with E-state index < -0.39 is 11.7 Å². The molecule has 0 aromatic carbocycles. The van der Waals surface area contributed by atoms with E-state index in [-0.39, 0.29) is 11.4 Å². The maximum absolute atomic E-state index is 11.2. The maximum Gasteiger partial charge on any atom is 0.412 e. The van der Waals surface area contributed by atoms with Crippen molar-refractivity contribution in [2.45, 2.75) is 33.3 Å². The lowest BCUT2D eigenvalue weighted by atomic mass is 10.2. The molecular formula is C9H16N2O3. The lowest BCUT2D eigenvalue weighted by Crippen LogP contribution is -2.33. The largest absolute Gasteiger partial charge is 0.513 e. The molecular weight excluding hydrogens is 184 g/mol. The van der Waals surface area contributed by atoms with Crippen LogP contribution in [0.15, 0.2) is 12.0 Å². The number of nitrogens with one attached hydrogen (secondary N) is 2. The number of ether oxygens (including phenoxy) is 1. The van der Waals surface area contributed by atoms with Gasteiger partial charge in [-0.05, 0) is 27.7 Å². The number of allylic oxidation sites excluding steroid dienone is 1. The molecule has 3 N–H and O–H groups in total. The number of rotatable bonds is 2. The van der Waals surface area contributed by atoms with Crippen LogP contribution in [0.1, 0.15) is 27.7 Å². The van der Waals surface area contributed by atoms with Gasteiger partial charge in [0, 0.05) is 0 Å². The Morgan fingerprint density at radius 3 is 2.29 bits per heavy atom. The minimum atomic E-state index is -0.690. The fourth-order valence-corrected chi connectivity index (χ4v) is 0.636. The molecule has 0 fully saturated rings. The zero-order valence-corrected chi connectivity index (χ0v) is 8.84. The Morgan fingerprint density at radius 1 is 1.50 bits per heavy atom. The molecule has 1 amide bonds. The first kappa shape index (κ1) is 12.5. The molecule has 0 aromatic heterocycles. The normalized spacial score (nSPS) is 12.1. The summed E-state index contributed by atoms with van der Waals surface area (Å²) in [6.45, 7) is 6.63. The molecule has 0 radical (unpaired) electrons. The second-order valence-electron chi connectivity index (χ2n) is 3.79. The summed E-state index contributed by atoms with van der Waals surface area (Å²) in [7, 11) is 0. The van der Waals surface area contributed by atoms with Crippen LogP contribution in [0.4, 0.5) is 4.79 Å². The molecule has 0 spiro atoms. The van der Waals surface area contributed by atoms with E-state index in [1.54, 1.807) is 20.8 Å². The summed E-state index contributed by atoms with van der Waals surface area (Å²) in [4.78, 5) is 11.2. The maximum atomic E-state index is 11.2. The minimum Gasteiger partial charge on any atom is -0.513 e. The number of alkyl carbamates (subject to hydrolysis) is 1. The molecule has 0 bridgehead atoms. The van der Waals surface area contributed by atoms with Crippen molar-refractivity contribution in [1.82, 2.24) is 5.32 Å². The smallest absolute Gasteiger partial charge is 0.412 e. The van der Waals surface area contributed by atoms with E-state index in [1.165, 1.54) is 6.92 Å². The lowest BCUT2D eigenvalue weighted by molar-refractivity contribution is 0.0547. The number of carbonyl (C=O) groups is 1. The molecule has 0 rings (SSSR count). The summed E-state index contributed by atoms with van der Waals surface area (Å²) in [5, 5.41) is 18.1. The summed E-state index contributed by atoms with van der Waals surface area (Å²) >= 11 is 0. The van der Waals surface area contributed by atoms with Crippen molar-refractivity contribution in [3.05, 3.63) is 12.0 Å². The van der Waals surface area contributed by atoms with Crippen LogP contribution in [0.25, 0.3) is 0 Å². The first-order valence-electron chi connectivity index (χ1n) is 4.16. The number of aliphatic hydroxyl groups is 1. The third-order valence-electron chi connectivity index (χ3n) is 1.17. The summed E-state index contributed by atoms with van der Waals surface area (Å²) in [6, 6.07) is 0. The van der Waals surface area contributed by atoms with Crippen LogP contribution >= 0.6 is 0 Å². The molecule has 0 saturated heterocycles. The first-order chi connectivity index (χ1) is 6.26. The summed E-state index contributed by atoms with van der Waals surface area (Å²) in [6.07, 6.45) is -0.0314. The van der Waals surface area contributed by atoms with Crippen molar-refractivity contribution in [2.24, 2.45) is 0 Å². The van der Waals surface area contributed by atoms with Crippen molar-refractivity contribution >= 4 is 11.8 Å². The molecule has 80 valence electrons. The lowest BCUT2D eigenvalue weighted by Gasteiger charge is -2.20. The molecule has 5 nitrogen and oxygen atoms in total. The van der Waals surface area contributed by atoms with E-state index in [0.29, 0.717) is 6.26 Å². The number of hydrogen-bond acceptors (Lipinski definition) is 4. The van der Waals surface area contributed by atoms with E-state index in [9.17, 15) is 4.79 Å². The number of aliphatic hydroxyl groups excluding tert-OH is 1. The standard InChI is InChI=1S/C9H16N2O3/c1-6(10)7(5-12)11-8(13)14-9(2,3)4/h5,10,12H,1-4H3,(H,11,13)/b7-5+,10-6?. The van der Waals surface area contributed by atoms with Gasteiger partial charge >= 0.3 is 6.09 Å². The van der Waals surface area contributed by atoms with Crippen LogP contribution in [-0.4, -0.2) is 22.5 Å². The quantitative estimate of drug-likeness (QED) is 0.470. The van der Waals surface area contributed by atoms with Gasteiger partial charge in [-0.15, -0.1) is 0 Å². The third kappa shape index (κ3) is 5.18. The SMILES string of the molecule is CC(=N)/C(=C\O)NC(=O)OC(C)(C)C. The van der Waals surface area contributed by atoms with E-state index in [1.807, 2.05) is 0 Å². The highest BCUT2D eigenvalue weighted by Crippen LogP contribution is 2.07. The molecule has 0 aliphatic rings. The van der Waals surface area contributed by atoms with Gasteiger partial charge in [0.05, 0.1) is 11.4 Å². The topological polar surface area (TPSA) is 82.4 Å². The fraction of sp³-hybridized carbons (Fsp3) is 0.556. The summed E-state index contributed by atoms with van der Waals surface area (Å²) in [5.74, 6) is 0. The molecule has 0 aliphatic carbocycles. The van der Waals surface area contributed by atoms with Gasteiger partial charge in [-0.1, -0.05) is 0 Å². The molecule has 5 heteroatoms. The molecule has 0 atom stereocenters. The first-order valence-corrected chi connectivity index (χ1v) is 4.16. The molecule has 0 heterocycles. The van der Waals surface area contributed by atoms with Crippen LogP contribution in [-0.2, 0) is 4.74 Å². The number of amides is 1. The van der Waals surface area contributed by atoms with Gasteiger partial charge in [0.1, 0.15) is 11.9 Å². The van der Waals surface area contributed by atoms with Gasteiger partial charge in [-0.25, -0.2) is 4.79 Å². The Morgan fingerprint density at radius 2 is 2.00 bits per heavy atom. The highest BCUT2D eigenvalue weighted by Gasteiger charge is 2.17. The second-order valence-corrected chi connectivity index (χ2v) is 3.79. The van der Waals surface area contributed by atoms with E-state index in [2.05, 4.69) is 5.32 Å². The van der Waals surface area contributed by atoms with Crippen LogP contribution in [0.2, 0.25) is 0 Å². The summed E-state index contributed by atoms with van der Waals surface area (Å²) in [5.41, 5.74) is -0.516. The van der Waals surface area contributed by atoms with Gasteiger partial charge in [0.2, 0.25) is 0 Å². The molecule has 0 aliphatic heterocycles. The van der Waals surface area contributed by atoms with E-state index in [4.69, 9.17) is 15.3 Å². The molecule has 0 saturated carbocycles. The van der Waals surface area contributed by atoms with Gasteiger partial charge < -0.3 is 15.3 Å². The van der Waals surface area contributed by atoms with Crippen molar-refractivity contribution in [2.75, 3.05) is 0 Å². The predicted molar refractivity (Wildman–Crippen MR) is 53.5 cm³/mol. The van der Waals surface area contributed by atoms with E-state index in [0.717, 1.165) is 0 Å². The van der Waals surface area contributed by atoms with Gasteiger partial charge in [-0.3, -0.25) is 5.32 Å². The Labute approximate surface area is 83.3 Å². The van der Waals surface area contributed by atoms with Gasteiger partial charge in [-0.2, -0.15) is 0 Å². The fourth-order valence-electron chi connectivity index (χ4n) is 0.636. The Hall–Kier alpha value is -1.52. The van der Waals surface area contributed by atoms with E-state index >= 15 is 0 Å². The average molecular weight is 200 g/mol. The Kier molecular flexibility index (Phi) is 4.14. The number of carbonyl (C=O) groups excluding carboxylic acids is 1. The second kappa shape index (κ2) is 4.64. The highest BCUT2D eigenvalue weighted by molar-refractivity contribution is 5.97. The Bertz CT molecular complexity index is 264.